The van der Waals surface area contributed by atoms with Gasteiger partial charge in [-0.25, -0.2) is 4.79 Å². The van der Waals surface area contributed by atoms with Crippen LogP contribution in [-0.2, 0) is 24.2 Å². The van der Waals surface area contributed by atoms with Gasteiger partial charge in [0.15, 0.2) is 5.69 Å². The van der Waals surface area contributed by atoms with Gasteiger partial charge in [0.2, 0.25) is 17.6 Å². The predicted octanol–water partition coefficient (Wildman–Crippen LogP) is 2.60. The first kappa shape index (κ1) is 22.8. The molecule has 0 bridgehead atoms. The topological polar surface area (TPSA) is 125 Å². The molecule has 0 fully saturated rings. The molecule has 0 unspecified atom stereocenters. The number of benzene rings is 2. The summed E-state index contributed by atoms with van der Waals surface area (Å²) in [5, 5.41) is 10.9. The van der Waals surface area contributed by atoms with Crippen molar-refractivity contribution in [3.63, 3.8) is 0 Å². The Balaban J connectivity index is 1.54. The fourth-order valence-electron chi connectivity index (χ4n) is 3.44. The van der Waals surface area contributed by atoms with Crippen LogP contribution in [0.1, 0.15) is 31.7 Å². The molecular weight excluding hydrogens is 436 g/mol. The second-order valence-electron chi connectivity index (χ2n) is 7.54. The number of amides is 1. The zero-order chi connectivity index (χ0) is 24.1. The van der Waals surface area contributed by atoms with E-state index in [2.05, 4.69) is 20.6 Å². The second kappa shape index (κ2) is 10.1. The van der Waals surface area contributed by atoms with E-state index in [1.807, 2.05) is 37.3 Å². The summed E-state index contributed by atoms with van der Waals surface area (Å²) in [5.41, 5.74) is 1.07. The van der Waals surface area contributed by atoms with Gasteiger partial charge in [0.05, 0.1) is 5.69 Å². The molecule has 0 saturated carbocycles. The van der Waals surface area contributed by atoms with Crippen molar-refractivity contribution in [2.75, 3.05) is 5.32 Å². The molecule has 2 heterocycles. The number of hydrogen-bond donors (Lipinski definition) is 1. The Morgan fingerprint density at radius 3 is 2.59 bits per heavy atom. The maximum absolute atomic E-state index is 12.8. The van der Waals surface area contributed by atoms with Crippen molar-refractivity contribution < 1.29 is 9.32 Å². The van der Waals surface area contributed by atoms with E-state index in [1.165, 1.54) is 0 Å². The lowest BCUT2D eigenvalue weighted by Gasteiger charge is -2.09. The minimum atomic E-state index is -0.611. The average Bonchev–Trinajstić information content (AvgIpc) is 3.33. The summed E-state index contributed by atoms with van der Waals surface area (Å²) in [7, 11) is 0. The van der Waals surface area contributed by atoms with E-state index in [-0.39, 0.29) is 42.7 Å². The van der Waals surface area contributed by atoms with Crippen LogP contribution >= 0.6 is 0 Å². The van der Waals surface area contributed by atoms with Gasteiger partial charge in [0, 0.05) is 25.1 Å². The molecule has 0 radical (unpaired) electrons. The number of aryl methyl sites for hydroxylation is 2. The maximum Gasteiger partial charge on any atom is 0.352 e. The summed E-state index contributed by atoms with van der Waals surface area (Å²) in [6, 6.07) is 16.4. The number of hydrogen-bond acceptors (Lipinski definition) is 7. The van der Waals surface area contributed by atoms with E-state index in [0.717, 1.165) is 26.9 Å². The second-order valence-corrected chi connectivity index (χ2v) is 7.54. The smallest absolute Gasteiger partial charge is 0.339 e. The van der Waals surface area contributed by atoms with Crippen molar-refractivity contribution in [1.82, 2.24) is 24.5 Å². The number of para-hydroxylation sites is 1. The molecule has 2 aromatic heterocycles. The first-order valence-corrected chi connectivity index (χ1v) is 11.0. The number of rotatable bonds is 8. The summed E-state index contributed by atoms with van der Waals surface area (Å²) >= 11 is 0. The molecule has 0 atom stereocenters. The molecule has 4 rings (SSSR count). The number of carbonyl (C=O) groups is 1. The Morgan fingerprint density at radius 2 is 1.85 bits per heavy atom. The third-order valence-corrected chi connectivity index (χ3v) is 5.24. The Morgan fingerprint density at radius 1 is 1.06 bits per heavy atom. The van der Waals surface area contributed by atoms with Crippen LogP contribution in [0, 0.1) is 0 Å². The fraction of sp³-hybridized carbons (Fsp3) is 0.250. The number of aromatic nitrogens is 5. The predicted molar refractivity (Wildman–Crippen MR) is 126 cm³/mol. The maximum atomic E-state index is 12.8. The van der Waals surface area contributed by atoms with Gasteiger partial charge >= 0.3 is 5.69 Å². The van der Waals surface area contributed by atoms with Crippen LogP contribution in [0.3, 0.4) is 0 Å². The zero-order valence-electron chi connectivity index (χ0n) is 18.9. The third-order valence-electron chi connectivity index (χ3n) is 5.24. The minimum Gasteiger partial charge on any atom is -0.339 e. The summed E-state index contributed by atoms with van der Waals surface area (Å²) in [5.74, 6) is -0.0470. The molecule has 0 aliphatic carbocycles. The van der Waals surface area contributed by atoms with Crippen LogP contribution in [0.2, 0.25) is 0 Å². The van der Waals surface area contributed by atoms with Crippen LogP contribution in [0.5, 0.6) is 0 Å². The van der Waals surface area contributed by atoms with Crippen LogP contribution in [0.15, 0.2) is 68.7 Å². The van der Waals surface area contributed by atoms with E-state index in [0.29, 0.717) is 5.69 Å². The highest BCUT2D eigenvalue weighted by Crippen LogP contribution is 2.13. The van der Waals surface area contributed by atoms with Gasteiger partial charge in [-0.15, -0.1) is 0 Å². The normalized spacial score (nSPS) is 10.9. The van der Waals surface area contributed by atoms with E-state index < -0.39 is 11.2 Å². The highest BCUT2D eigenvalue weighted by molar-refractivity contribution is 5.90. The summed E-state index contributed by atoms with van der Waals surface area (Å²) in [6.07, 6.45) is 1.18. The van der Waals surface area contributed by atoms with Gasteiger partial charge in [-0.1, -0.05) is 42.4 Å². The van der Waals surface area contributed by atoms with Crippen molar-refractivity contribution in [3.05, 3.63) is 86.9 Å². The Kier molecular flexibility index (Phi) is 6.77. The number of anilines is 1. The number of carbonyl (C=O) groups excluding carboxylic acids is 1. The molecule has 0 saturated heterocycles. The molecule has 1 N–H and O–H groups in total. The first-order valence-electron chi connectivity index (χ1n) is 11.0. The van der Waals surface area contributed by atoms with Gasteiger partial charge in [-0.05, 0) is 43.2 Å². The van der Waals surface area contributed by atoms with Crippen molar-refractivity contribution in [2.24, 2.45) is 0 Å². The molecule has 34 heavy (non-hydrogen) atoms. The SMILES string of the molecule is CCc1cccc(NC(=O)CCc2nc(-c3nn(-c4ccccc4)c(=O)n(CC)c3=O)no2)c1. The summed E-state index contributed by atoms with van der Waals surface area (Å²) in [6.45, 7) is 3.90. The van der Waals surface area contributed by atoms with Crippen LogP contribution < -0.4 is 16.6 Å². The van der Waals surface area contributed by atoms with Crippen LogP contribution in [0.25, 0.3) is 17.2 Å². The highest BCUT2D eigenvalue weighted by atomic mass is 16.5. The Hall–Kier alpha value is -4.34. The lowest BCUT2D eigenvalue weighted by molar-refractivity contribution is -0.116. The molecule has 10 nitrogen and oxygen atoms in total. The Labute approximate surface area is 194 Å². The largest absolute Gasteiger partial charge is 0.352 e. The quantitative estimate of drug-likeness (QED) is 0.428. The lowest BCUT2D eigenvalue weighted by Crippen LogP contribution is -2.41. The van der Waals surface area contributed by atoms with Gasteiger partial charge in [0.1, 0.15) is 0 Å². The van der Waals surface area contributed by atoms with E-state index in [4.69, 9.17) is 4.52 Å². The molecule has 2 aromatic carbocycles. The van der Waals surface area contributed by atoms with Crippen LogP contribution in [-0.4, -0.2) is 30.4 Å². The number of nitrogens with one attached hydrogen (secondary N) is 1. The minimum absolute atomic E-state index is 0.0389. The zero-order valence-corrected chi connectivity index (χ0v) is 18.9. The highest BCUT2D eigenvalue weighted by Gasteiger charge is 2.20. The average molecular weight is 460 g/mol. The third kappa shape index (κ3) is 4.85. The molecule has 0 spiro atoms. The summed E-state index contributed by atoms with van der Waals surface area (Å²) < 4.78 is 7.44. The van der Waals surface area contributed by atoms with Gasteiger partial charge in [-0.2, -0.15) is 14.8 Å². The lowest BCUT2D eigenvalue weighted by atomic mass is 10.1. The van der Waals surface area contributed by atoms with E-state index >= 15 is 0 Å². The van der Waals surface area contributed by atoms with Crippen molar-refractivity contribution in [2.45, 2.75) is 39.7 Å². The van der Waals surface area contributed by atoms with E-state index in [1.54, 1.807) is 31.2 Å². The monoisotopic (exact) mass is 460 g/mol. The molecular formula is C24H24N6O4. The van der Waals surface area contributed by atoms with Crippen molar-refractivity contribution in [3.8, 4) is 17.2 Å². The van der Waals surface area contributed by atoms with Gasteiger partial charge < -0.3 is 9.84 Å². The Bertz CT molecular complexity index is 1420. The standard InChI is InChI=1S/C24H24N6O4/c1-3-16-9-8-10-17(15-16)25-19(31)13-14-20-26-22(28-34-20)21-23(32)29(4-2)24(33)30(27-21)18-11-6-5-7-12-18/h5-12,15H,3-4,13-14H2,1-2H3,(H,25,31). The van der Waals surface area contributed by atoms with Gasteiger partial charge in [0.25, 0.3) is 5.56 Å². The molecule has 0 aliphatic rings. The molecule has 0 aliphatic heterocycles. The van der Waals surface area contributed by atoms with E-state index in [9.17, 15) is 14.4 Å². The molecule has 174 valence electrons. The number of nitrogens with zero attached hydrogens (tertiary/aromatic N) is 5. The molecule has 10 heteroatoms. The van der Waals surface area contributed by atoms with Crippen LogP contribution in [0.4, 0.5) is 5.69 Å². The van der Waals surface area contributed by atoms with Crippen molar-refractivity contribution in [1.29, 1.82) is 0 Å². The summed E-state index contributed by atoms with van der Waals surface area (Å²) in [4.78, 5) is 42.1. The fourth-order valence-corrected chi connectivity index (χ4v) is 3.44. The molecule has 1 amide bonds. The van der Waals surface area contributed by atoms with Crippen molar-refractivity contribution >= 4 is 11.6 Å². The first-order chi connectivity index (χ1) is 16.5. The van der Waals surface area contributed by atoms with Gasteiger partial charge in [-0.3, -0.25) is 14.2 Å². The molecule has 4 aromatic rings.